The number of para-hydroxylation sites is 1. The Morgan fingerprint density at radius 1 is 1.23 bits per heavy atom. The Hall–Kier alpha value is -2.98. The second kappa shape index (κ2) is 7.93. The highest BCUT2D eigenvalue weighted by Crippen LogP contribution is 2.19. The number of benzene rings is 1. The minimum atomic E-state index is -0.0807. The number of hydrogen-bond acceptors (Lipinski definition) is 6. The minimum Gasteiger partial charge on any atom is -0.335 e. The number of nitriles is 1. The first-order valence-electron chi connectivity index (χ1n) is 8.74. The number of rotatable bonds is 4. The molecule has 26 heavy (non-hydrogen) atoms. The molecule has 1 aliphatic heterocycles. The van der Waals surface area contributed by atoms with Crippen molar-refractivity contribution in [2.75, 3.05) is 38.0 Å². The van der Waals surface area contributed by atoms with E-state index >= 15 is 0 Å². The van der Waals surface area contributed by atoms with Crippen LogP contribution in [0.3, 0.4) is 0 Å². The van der Waals surface area contributed by atoms with Crippen LogP contribution in [0.15, 0.2) is 30.3 Å². The molecular formula is C19H22N6O. The summed E-state index contributed by atoms with van der Waals surface area (Å²) < 4.78 is 0. The summed E-state index contributed by atoms with van der Waals surface area (Å²) in [5, 5.41) is 12.3. The molecule has 0 atom stereocenters. The van der Waals surface area contributed by atoms with E-state index in [0.717, 1.165) is 19.6 Å². The van der Waals surface area contributed by atoms with Gasteiger partial charge in [-0.15, -0.1) is 0 Å². The number of nitrogens with zero attached hydrogens (tertiary/aromatic N) is 5. The molecule has 0 spiro atoms. The van der Waals surface area contributed by atoms with Crippen molar-refractivity contribution in [1.29, 1.82) is 5.26 Å². The topological polar surface area (TPSA) is 85.1 Å². The lowest BCUT2D eigenvalue weighted by Crippen LogP contribution is -2.48. The molecule has 0 radical (unpaired) electrons. The predicted molar refractivity (Wildman–Crippen MR) is 99.2 cm³/mol. The van der Waals surface area contributed by atoms with Crippen LogP contribution in [0.5, 0.6) is 0 Å². The van der Waals surface area contributed by atoms with E-state index in [-0.39, 0.29) is 5.91 Å². The largest absolute Gasteiger partial charge is 0.335 e. The Morgan fingerprint density at radius 2 is 1.96 bits per heavy atom. The fourth-order valence-electron chi connectivity index (χ4n) is 2.97. The van der Waals surface area contributed by atoms with Gasteiger partial charge in [0.15, 0.2) is 0 Å². The van der Waals surface area contributed by atoms with Crippen molar-refractivity contribution in [3.05, 3.63) is 47.3 Å². The average molecular weight is 350 g/mol. The molecule has 134 valence electrons. The van der Waals surface area contributed by atoms with Gasteiger partial charge in [0.2, 0.25) is 5.95 Å². The van der Waals surface area contributed by atoms with Gasteiger partial charge < -0.3 is 15.1 Å². The number of piperazine rings is 1. The van der Waals surface area contributed by atoms with Gasteiger partial charge in [-0.1, -0.05) is 19.1 Å². The van der Waals surface area contributed by atoms with E-state index in [1.165, 1.54) is 0 Å². The summed E-state index contributed by atoms with van der Waals surface area (Å²) in [6, 6.07) is 11.0. The third-order valence-corrected chi connectivity index (χ3v) is 4.47. The van der Waals surface area contributed by atoms with Crippen LogP contribution >= 0.6 is 0 Å². The molecule has 7 heteroatoms. The zero-order valence-corrected chi connectivity index (χ0v) is 15.1. The molecule has 1 saturated heterocycles. The van der Waals surface area contributed by atoms with Crippen LogP contribution in [-0.2, 0) is 0 Å². The third kappa shape index (κ3) is 3.98. The zero-order valence-electron chi connectivity index (χ0n) is 15.1. The van der Waals surface area contributed by atoms with Gasteiger partial charge in [-0.3, -0.25) is 4.79 Å². The second-order valence-electron chi connectivity index (χ2n) is 6.23. The lowest BCUT2D eigenvalue weighted by molar-refractivity contribution is 0.0637. The van der Waals surface area contributed by atoms with Crippen LogP contribution in [0, 0.1) is 18.3 Å². The van der Waals surface area contributed by atoms with Crippen molar-refractivity contribution >= 4 is 17.5 Å². The number of likely N-dealkylation sites (N-methyl/N-ethyl adjacent to an activating group) is 1. The van der Waals surface area contributed by atoms with Crippen molar-refractivity contribution < 1.29 is 4.79 Å². The first-order valence-corrected chi connectivity index (χ1v) is 8.74. The molecule has 3 rings (SSSR count). The number of amides is 1. The van der Waals surface area contributed by atoms with Gasteiger partial charge in [0, 0.05) is 31.9 Å². The molecule has 2 aromatic rings. The maximum atomic E-state index is 12.8. The first kappa shape index (κ1) is 17.8. The van der Waals surface area contributed by atoms with E-state index in [0.29, 0.717) is 41.7 Å². The lowest BCUT2D eigenvalue weighted by atomic mass is 10.2. The van der Waals surface area contributed by atoms with Crippen molar-refractivity contribution in [1.82, 2.24) is 19.8 Å². The number of carbonyl (C=O) groups excluding carboxylic acids is 1. The SMILES string of the molecule is CCN1CCN(C(=O)c2cc(C)nc(Nc3ccccc3C#N)n2)CC1. The smallest absolute Gasteiger partial charge is 0.272 e. The standard InChI is InChI=1S/C19H22N6O/c1-3-24-8-10-25(11-9-24)18(26)17-12-14(2)21-19(23-17)22-16-7-5-4-6-15(16)13-20/h4-7,12H,3,8-11H2,1-2H3,(H,21,22,23). The highest BCUT2D eigenvalue weighted by Gasteiger charge is 2.23. The molecule has 1 N–H and O–H groups in total. The van der Waals surface area contributed by atoms with E-state index in [1.807, 2.05) is 17.9 Å². The molecule has 2 heterocycles. The number of aromatic nitrogens is 2. The maximum Gasteiger partial charge on any atom is 0.272 e. The van der Waals surface area contributed by atoms with Crippen LogP contribution in [0.25, 0.3) is 0 Å². The van der Waals surface area contributed by atoms with Crippen LogP contribution < -0.4 is 5.32 Å². The molecule has 7 nitrogen and oxygen atoms in total. The van der Waals surface area contributed by atoms with E-state index in [2.05, 4.69) is 33.2 Å². The molecule has 0 aliphatic carbocycles. The summed E-state index contributed by atoms with van der Waals surface area (Å²) >= 11 is 0. The van der Waals surface area contributed by atoms with Crippen LogP contribution in [-0.4, -0.2) is 58.4 Å². The summed E-state index contributed by atoms with van der Waals surface area (Å²) in [4.78, 5) is 25.7. The van der Waals surface area contributed by atoms with Crippen LogP contribution in [0.1, 0.15) is 28.7 Å². The van der Waals surface area contributed by atoms with Crippen molar-refractivity contribution in [2.45, 2.75) is 13.8 Å². The molecule has 0 unspecified atom stereocenters. The summed E-state index contributed by atoms with van der Waals surface area (Å²) in [6.45, 7) is 8.13. The molecule has 0 saturated carbocycles. The Kier molecular flexibility index (Phi) is 5.44. The molecule has 0 bridgehead atoms. The molecule has 1 aliphatic rings. The Labute approximate surface area is 153 Å². The predicted octanol–water partition coefficient (Wildman–Crippen LogP) is 2.18. The monoisotopic (exact) mass is 350 g/mol. The van der Waals surface area contributed by atoms with Gasteiger partial charge >= 0.3 is 0 Å². The lowest BCUT2D eigenvalue weighted by Gasteiger charge is -2.33. The average Bonchev–Trinajstić information content (AvgIpc) is 2.67. The summed E-state index contributed by atoms with van der Waals surface area (Å²) in [5.41, 5.74) is 2.20. The highest BCUT2D eigenvalue weighted by atomic mass is 16.2. The quantitative estimate of drug-likeness (QED) is 0.910. The Balaban J connectivity index is 1.80. The van der Waals surface area contributed by atoms with Crippen molar-refractivity contribution in [3.8, 4) is 6.07 Å². The normalized spacial score (nSPS) is 14.7. The number of nitrogens with one attached hydrogen (secondary N) is 1. The number of carbonyl (C=O) groups is 1. The molecule has 1 fully saturated rings. The van der Waals surface area contributed by atoms with Gasteiger partial charge in [-0.25, -0.2) is 9.97 Å². The zero-order chi connectivity index (χ0) is 18.5. The fraction of sp³-hybridized carbons (Fsp3) is 0.368. The van der Waals surface area contributed by atoms with Crippen LogP contribution in [0.4, 0.5) is 11.6 Å². The van der Waals surface area contributed by atoms with E-state index in [9.17, 15) is 10.1 Å². The van der Waals surface area contributed by atoms with Crippen LogP contribution in [0.2, 0.25) is 0 Å². The molecule has 1 amide bonds. The molecular weight excluding hydrogens is 328 g/mol. The van der Waals surface area contributed by atoms with Gasteiger partial charge in [0.05, 0.1) is 11.3 Å². The molecule has 1 aromatic carbocycles. The first-order chi connectivity index (χ1) is 12.6. The fourth-order valence-corrected chi connectivity index (χ4v) is 2.97. The third-order valence-electron chi connectivity index (χ3n) is 4.47. The van der Waals surface area contributed by atoms with Gasteiger partial charge in [0.25, 0.3) is 5.91 Å². The summed E-state index contributed by atoms with van der Waals surface area (Å²) in [6.07, 6.45) is 0. The summed E-state index contributed by atoms with van der Waals surface area (Å²) in [7, 11) is 0. The van der Waals surface area contributed by atoms with E-state index in [4.69, 9.17) is 0 Å². The Morgan fingerprint density at radius 3 is 2.65 bits per heavy atom. The summed E-state index contributed by atoms with van der Waals surface area (Å²) in [5.74, 6) is 0.242. The van der Waals surface area contributed by atoms with E-state index < -0.39 is 0 Å². The van der Waals surface area contributed by atoms with Gasteiger partial charge in [0.1, 0.15) is 11.8 Å². The number of aryl methyl sites for hydroxylation is 1. The maximum absolute atomic E-state index is 12.8. The molecule has 1 aromatic heterocycles. The minimum absolute atomic E-state index is 0.0807. The second-order valence-corrected chi connectivity index (χ2v) is 6.23. The van der Waals surface area contributed by atoms with Gasteiger partial charge in [-0.2, -0.15) is 5.26 Å². The highest BCUT2D eigenvalue weighted by molar-refractivity contribution is 5.92. The Bertz CT molecular complexity index is 836. The van der Waals surface area contributed by atoms with Gasteiger partial charge in [-0.05, 0) is 31.7 Å². The van der Waals surface area contributed by atoms with Crippen molar-refractivity contribution in [3.63, 3.8) is 0 Å². The number of anilines is 2. The number of hydrogen-bond donors (Lipinski definition) is 1. The van der Waals surface area contributed by atoms with Crippen molar-refractivity contribution in [2.24, 2.45) is 0 Å². The van der Waals surface area contributed by atoms with E-state index in [1.54, 1.807) is 24.3 Å².